The smallest absolute Gasteiger partial charge is 0.241 e. The zero-order valence-electron chi connectivity index (χ0n) is 15.1. The van der Waals surface area contributed by atoms with Gasteiger partial charge in [0.2, 0.25) is 5.91 Å². The summed E-state index contributed by atoms with van der Waals surface area (Å²) in [5.41, 5.74) is 0.967. The molecule has 5 nitrogen and oxygen atoms in total. The van der Waals surface area contributed by atoms with Crippen LogP contribution in [0.5, 0.6) is 0 Å². The molecule has 1 amide bonds. The lowest BCUT2D eigenvalue weighted by atomic mass is 9.96. The third-order valence-corrected chi connectivity index (χ3v) is 5.80. The first-order valence-electron chi connectivity index (χ1n) is 9.18. The van der Waals surface area contributed by atoms with Gasteiger partial charge in [-0.25, -0.2) is 0 Å². The second-order valence-corrected chi connectivity index (χ2v) is 7.42. The van der Waals surface area contributed by atoms with Gasteiger partial charge in [0.25, 0.3) is 0 Å². The minimum Gasteiger partial charge on any atom is -0.363 e. The summed E-state index contributed by atoms with van der Waals surface area (Å²) in [6.45, 7) is 4.80. The number of hydrogen-bond acceptors (Lipinski definition) is 3. The Kier molecular flexibility index (Phi) is 5.59. The summed E-state index contributed by atoms with van der Waals surface area (Å²) in [5.74, 6) is 0.198. The number of piperidine rings is 1. The van der Waals surface area contributed by atoms with Gasteiger partial charge in [-0.1, -0.05) is 37.3 Å². The molecule has 0 radical (unpaired) electrons. The highest BCUT2D eigenvalue weighted by Crippen LogP contribution is 2.32. The topological polar surface area (TPSA) is 47.6 Å². The van der Waals surface area contributed by atoms with Gasteiger partial charge in [-0.2, -0.15) is 0 Å². The molecule has 0 saturated carbocycles. The van der Waals surface area contributed by atoms with Gasteiger partial charge in [0, 0.05) is 39.5 Å². The molecule has 1 atom stereocenters. The monoisotopic (exact) mass is 360 g/mol. The van der Waals surface area contributed by atoms with Crippen LogP contribution < -0.4 is 10.6 Å². The maximum absolute atomic E-state index is 12.8. The van der Waals surface area contributed by atoms with Crippen LogP contribution in [0.2, 0.25) is 0 Å². The van der Waals surface area contributed by atoms with E-state index in [9.17, 15) is 4.79 Å². The van der Waals surface area contributed by atoms with E-state index in [0.29, 0.717) is 0 Å². The van der Waals surface area contributed by atoms with Crippen LogP contribution in [-0.2, 0) is 11.2 Å². The maximum Gasteiger partial charge on any atom is 0.241 e. The van der Waals surface area contributed by atoms with Crippen molar-refractivity contribution in [2.24, 2.45) is 0 Å². The molecule has 0 bridgehead atoms. The average Bonchev–Trinajstić information content (AvgIpc) is 2.86. The number of rotatable bonds is 4. The highest BCUT2D eigenvalue weighted by atomic mass is 32.1. The van der Waals surface area contributed by atoms with E-state index in [1.54, 1.807) is 0 Å². The zero-order valence-corrected chi connectivity index (χ0v) is 15.9. The van der Waals surface area contributed by atoms with Crippen LogP contribution >= 0.6 is 12.2 Å². The van der Waals surface area contributed by atoms with Crippen molar-refractivity contribution in [3.05, 3.63) is 35.9 Å². The fraction of sp³-hybridized carbons (Fsp3) is 0.579. The lowest BCUT2D eigenvalue weighted by Gasteiger charge is -2.44. The summed E-state index contributed by atoms with van der Waals surface area (Å²) in [4.78, 5) is 16.9. The first kappa shape index (κ1) is 18.1. The number of carbonyl (C=O) groups excluding carboxylic acids is 1. The van der Waals surface area contributed by atoms with Crippen LogP contribution in [0.15, 0.2) is 30.3 Å². The summed E-state index contributed by atoms with van der Waals surface area (Å²) in [6.07, 6.45) is 3.60. The molecule has 1 aromatic rings. The molecule has 0 aromatic heterocycles. The van der Waals surface area contributed by atoms with E-state index < -0.39 is 0 Å². The quantitative estimate of drug-likeness (QED) is 0.801. The van der Waals surface area contributed by atoms with E-state index in [4.69, 9.17) is 12.2 Å². The standard InChI is InChI=1S/C19H28N4OS/c1-3-11-20-18(25)23-12-9-19(10-13-23)21-16(17(24)22(19)2)14-15-7-5-4-6-8-15/h4-8,16,21H,3,9-14H2,1-2H3,(H,20,25)/t16-/m1/s1. The van der Waals surface area contributed by atoms with E-state index in [1.807, 2.05) is 30.1 Å². The Morgan fingerprint density at radius 1 is 1.32 bits per heavy atom. The molecule has 25 heavy (non-hydrogen) atoms. The number of likely N-dealkylation sites (N-methyl/N-ethyl adjacent to an activating group) is 1. The van der Waals surface area contributed by atoms with Gasteiger partial charge in [-0.05, 0) is 30.6 Å². The molecule has 2 fully saturated rings. The largest absolute Gasteiger partial charge is 0.363 e. The Bertz CT molecular complexity index is 613. The number of carbonyl (C=O) groups is 1. The molecular formula is C19H28N4OS. The Balaban J connectivity index is 1.61. The molecule has 2 aliphatic heterocycles. The first-order chi connectivity index (χ1) is 12.1. The first-order valence-corrected chi connectivity index (χ1v) is 9.58. The number of likely N-dealkylation sites (tertiary alicyclic amines) is 1. The molecule has 3 rings (SSSR count). The normalized spacial score (nSPS) is 22.5. The van der Waals surface area contributed by atoms with Gasteiger partial charge in [-0.15, -0.1) is 0 Å². The summed E-state index contributed by atoms with van der Waals surface area (Å²) < 4.78 is 0. The van der Waals surface area contributed by atoms with Crippen molar-refractivity contribution in [2.45, 2.75) is 44.3 Å². The number of hydrogen-bond donors (Lipinski definition) is 2. The Labute approximate surface area is 155 Å². The summed E-state index contributed by atoms with van der Waals surface area (Å²) in [5, 5.41) is 7.78. The van der Waals surface area contributed by atoms with Gasteiger partial charge >= 0.3 is 0 Å². The van der Waals surface area contributed by atoms with E-state index in [0.717, 1.165) is 50.4 Å². The van der Waals surface area contributed by atoms with Crippen LogP contribution in [0, 0.1) is 0 Å². The van der Waals surface area contributed by atoms with Crippen molar-refractivity contribution in [3.8, 4) is 0 Å². The molecule has 0 unspecified atom stereocenters. The molecule has 1 aromatic carbocycles. The number of nitrogens with one attached hydrogen (secondary N) is 2. The maximum atomic E-state index is 12.8. The molecule has 136 valence electrons. The molecule has 1 spiro atoms. The van der Waals surface area contributed by atoms with Crippen molar-refractivity contribution >= 4 is 23.2 Å². The molecule has 2 saturated heterocycles. The van der Waals surface area contributed by atoms with Crippen molar-refractivity contribution in [3.63, 3.8) is 0 Å². The van der Waals surface area contributed by atoms with Crippen LogP contribution in [0.1, 0.15) is 31.7 Å². The van der Waals surface area contributed by atoms with Crippen LogP contribution in [-0.4, -0.2) is 59.2 Å². The van der Waals surface area contributed by atoms with Crippen LogP contribution in [0.3, 0.4) is 0 Å². The zero-order chi connectivity index (χ0) is 17.9. The molecule has 2 N–H and O–H groups in total. The second-order valence-electron chi connectivity index (χ2n) is 7.03. The summed E-state index contributed by atoms with van der Waals surface area (Å²) in [7, 11) is 1.93. The minimum atomic E-state index is -0.229. The van der Waals surface area contributed by atoms with Gasteiger partial charge in [-0.3, -0.25) is 10.1 Å². The third-order valence-electron chi connectivity index (χ3n) is 5.40. The van der Waals surface area contributed by atoms with E-state index in [1.165, 1.54) is 5.56 Å². The second kappa shape index (κ2) is 7.70. The lowest BCUT2D eigenvalue weighted by Crippen LogP contribution is -2.59. The fourth-order valence-corrected chi connectivity index (χ4v) is 4.10. The SMILES string of the molecule is CCCNC(=S)N1CCC2(CC1)N[C@H](Cc1ccccc1)C(=O)N2C. The van der Waals surface area contributed by atoms with Gasteiger partial charge in [0.05, 0.1) is 11.7 Å². The van der Waals surface area contributed by atoms with Crippen molar-refractivity contribution in [1.82, 2.24) is 20.4 Å². The number of nitrogens with zero attached hydrogens (tertiary/aromatic N) is 2. The lowest BCUT2D eigenvalue weighted by molar-refractivity contribution is -0.131. The Hall–Kier alpha value is -1.66. The summed E-state index contributed by atoms with van der Waals surface area (Å²) >= 11 is 5.48. The van der Waals surface area contributed by atoms with Crippen LogP contribution in [0.25, 0.3) is 0 Å². The number of amides is 1. The van der Waals surface area contributed by atoms with Crippen molar-refractivity contribution < 1.29 is 4.79 Å². The molecule has 2 aliphatic rings. The molecule has 6 heteroatoms. The van der Waals surface area contributed by atoms with E-state index in [2.05, 4.69) is 34.6 Å². The number of thiocarbonyl (C=S) groups is 1. The van der Waals surface area contributed by atoms with E-state index in [-0.39, 0.29) is 17.6 Å². The number of benzene rings is 1. The Morgan fingerprint density at radius 3 is 2.64 bits per heavy atom. The molecular weight excluding hydrogens is 332 g/mol. The molecule has 2 heterocycles. The summed E-state index contributed by atoms with van der Waals surface area (Å²) in [6, 6.07) is 10.1. The van der Waals surface area contributed by atoms with E-state index >= 15 is 0 Å². The highest BCUT2D eigenvalue weighted by molar-refractivity contribution is 7.80. The average molecular weight is 361 g/mol. The highest BCUT2D eigenvalue weighted by Gasteiger charge is 2.49. The van der Waals surface area contributed by atoms with Crippen molar-refractivity contribution in [1.29, 1.82) is 0 Å². The predicted molar refractivity (Wildman–Crippen MR) is 104 cm³/mol. The Morgan fingerprint density at radius 2 is 2.00 bits per heavy atom. The van der Waals surface area contributed by atoms with Gasteiger partial charge in [0.1, 0.15) is 0 Å². The van der Waals surface area contributed by atoms with Gasteiger partial charge < -0.3 is 15.1 Å². The van der Waals surface area contributed by atoms with Crippen molar-refractivity contribution in [2.75, 3.05) is 26.7 Å². The predicted octanol–water partition coefficient (Wildman–Crippen LogP) is 1.74. The molecule has 0 aliphatic carbocycles. The van der Waals surface area contributed by atoms with Crippen LogP contribution in [0.4, 0.5) is 0 Å². The minimum absolute atomic E-state index is 0.135. The third kappa shape index (κ3) is 3.80. The van der Waals surface area contributed by atoms with Gasteiger partial charge in [0.15, 0.2) is 5.11 Å². The fourth-order valence-electron chi connectivity index (χ4n) is 3.82.